The molecule has 3 heterocycles. The largest absolute Gasteiger partial charge is 0.301 e. The average Bonchev–Trinajstić information content (AvgIpc) is 3.39. The topological polar surface area (TPSA) is 76.9 Å². The lowest BCUT2D eigenvalue weighted by Crippen LogP contribution is -2.20. The molecule has 0 atom stereocenters. The number of nitrogens with one attached hydrogen (secondary N) is 1. The minimum absolute atomic E-state index is 0.0992. The summed E-state index contributed by atoms with van der Waals surface area (Å²) >= 11 is 4.05. The van der Waals surface area contributed by atoms with Gasteiger partial charge in [-0.05, 0) is 23.4 Å². The van der Waals surface area contributed by atoms with Gasteiger partial charge >= 0.3 is 0 Å². The molecule has 0 radical (unpaired) electrons. The first-order valence-electron chi connectivity index (χ1n) is 8.97. The number of anilines is 1. The lowest BCUT2D eigenvalue weighted by atomic mass is 10.1. The van der Waals surface area contributed by atoms with E-state index in [1.165, 1.54) is 44.6 Å². The van der Waals surface area contributed by atoms with E-state index in [0.717, 1.165) is 17.7 Å². The Bertz CT molecular complexity index is 1220. The Kier molecular flexibility index (Phi) is 5.79. The summed E-state index contributed by atoms with van der Waals surface area (Å²) in [5.41, 5.74) is 3.04. The van der Waals surface area contributed by atoms with Crippen molar-refractivity contribution in [2.45, 2.75) is 18.5 Å². The van der Waals surface area contributed by atoms with Crippen molar-refractivity contribution in [1.82, 2.24) is 14.5 Å². The second-order valence-corrected chi connectivity index (χ2v) is 9.02. The molecule has 0 aliphatic rings. The molecule has 148 valence electrons. The second kappa shape index (κ2) is 8.48. The Balaban J connectivity index is 1.41. The van der Waals surface area contributed by atoms with Gasteiger partial charge in [-0.25, -0.2) is 9.97 Å². The number of thioether (sulfide) groups is 1. The van der Waals surface area contributed by atoms with Crippen LogP contribution in [0.25, 0.3) is 21.5 Å². The van der Waals surface area contributed by atoms with Crippen molar-refractivity contribution in [3.8, 4) is 11.3 Å². The van der Waals surface area contributed by atoms with Gasteiger partial charge in [-0.3, -0.25) is 14.2 Å². The fourth-order valence-electron chi connectivity index (χ4n) is 2.77. The number of nitrogens with zero attached hydrogens (tertiary/aromatic N) is 3. The van der Waals surface area contributed by atoms with Gasteiger partial charge in [-0.1, -0.05) is 43.0 Å². The number of thiazole rings is 1. The van der Waals surface area contributed by atoms with Crippen LogP contribution < -0.4 is 10.9 Å². The van der Waals surface area contributed by atoms with Crippen molar-refractivity contribution in [2.24, 2.45) is 7.05 Å². The molecule has 1 N–H and O–H groups in total. The Morgan fingerprint density at radius 3 is 2.72 bits per heavy atom. The number of thiophene rings is 1. The molecule has 0 bridgehead atoms. The number of carbonyl (C=O) groups excluding carboxylic acids is 1. The van der Waals surface area contributed by atoms with Crippen LogP contribution in [0.1, 0.15) is 12.5 Å². The minimum Gasteiger partial charge on any atom is -0.301 e. The molecule has 9 heteroatoms. The first-order chi connectivity index (χ1) is 14.0. The molecule has 4 aromatic rings. The van der Waals surface area contributed by atoms with Gasteiger partial charge in [-0.15, -0.1) is 22.7 Å². The zero-order valence-electron chi connectivity index (χ0n) is 15.8. The van der Waals surface area contributed by atoms with E-state index in [-0.39, 0.29) is 17.2 Å². The third-order valence-corrected chi connectivity index (χ3v) is 7.00. The maximum absolute atomic E-state index is 12.3. The van der Waals surface area contributed by atoms with Crippen molar-refractivity contribution in [3.05, 3.63) is 57.0 Å². The van der Waals surface area contributed by atoms with Crippen molar-refractivity contribution in [2.75, 3.05) is 11.1 Å². The number of aromatic nitrogens is 3. The van der Waals surface area contributed by atoms with Crippen LogP contribution >= 0.6 is 34.4 Å². The molecule has 4 rings (SSSR count). The van der Waals surface area contributed by atoms with Crippen LogP contribution in [0.5, 0.6) is 0 Å². The Morgan fingerprint density at radius 1 is 1.17 bits per heavy atom. The van der Waals surface area contributed by atoms with Gasteiger partial charge in [0.1, 0.15) is 4.83 Å². The highest BCUT2D eigenvalue weighted by Crippen LogP contribution is 2.26. The van der Waals surface area contributed by atoms with Crippen molar-refractivity contribution < 1.29 is 4.79 Å². The predicted molar refractivity (Wildman–Crippen MR) is 121 cm³/mol. The number of hydrogen-bond acceptors (Lipinski definition) is 7. The van der Waals surface area contributed by atoms with Gasteiger partial charge in [0.05, 0.1) is 16.8 Å². The number of fused-ring (bicyclic) bond motifs is 1. The van der Waals surface area contributed by atoms with Crippen LogP contribution in [0.3, 0.4) is 0 Å². The number of aryl methyl sites for hydroxylation is 1. The summed E-state index contributed by atoms with van der Waals surface area (Å²) in [5, 5.41) is 8.29. The monoisotopic (exact) mass is 442 g/mol. The van der Waals surface area contributed by atoms with Crippen LogP contribution in [0.15, 0.2) is 51.0 Å². The summed E-state index contributed by atoms with van der Waals surface area (Å²) in [6, 6.07) is 10.0. The lowest BCUT2D eigenvalue weighted by molar-refractivity contribution is -0.113. The van der Waals surface area contributed by atoms with Crippen LogP contribution in [0.2, 0.25) is 0 Å². The summed E-state index contributed by atoms with van der Waals surface area (Å²) in [4.78, 5) is 34.4. The number of rotatable bonds is 6. The highest BCUT2D eigenvalue weighted by Gasteiger charge is 2.13. The van der Waals surface area contributed by atoms with E-state index in [4.69, 9.17) is 0 Å². The fraction of sp³-hybridized carbons (Fsp3) is 0.200. The average molecular weight is 443 g/mol. The summed E-state index contributed by atoms with van der Waals surface area (Å²) in [6.07, 6.45) is 0.996. The summed E-state index contributed by atoms with van der Waals surface area (Å²) in [6.45, 7) is 2.12. The molecule has 6 nitrogen and oxygen atoms in total. The molecule has 1 aromatic carbocycles. The molecule has 0 saturated carbocycles. The van der Waals surface area contributed by atoms with E-state index in [1.807, 2.05) is 22.9 Å². The maximum Gasteiger partial charge on any atom is 0.262 e. The third kappa shape index (κ3) is 4.26. The third-order valence-electron chi connectivity index (χ3n) is 4.40. The number of amides is 1. The molecule has 0 unspecified atom stereocenters. The summed E-state index contributed by atoms with van der Waals surface area (Å²) < 4.78 is 1.48. The fourth-order valence-corrected chi connectivity index (χ4v) is 5.08. The summed E-state index contributed by atoms with van der Waals surface area (Å²) in [7, 11) is 1.67. The zero-order valence-corrected chi connectivity index (χ0v) is 18.3. The molecule has 0 fully saturated rings. The van der Waals surface area contributed by atoms with E-state index in [1.54, 1.807) is 13.1 Å². The van der Waals surface area contributed by atoms with Gasteiger partial charge in [0.25, 0.3) is 5.56 Å². The van der Waals surface area contributed by atoms with Gasteiger partial charge in [0.2, 0.25) is 5.91 Å². The normalized spacial score (nSPS) is 11.1. The van der Waals surface area contributed by atoms with Crippen molar-refractivity contribution in [1.29, 1.82) is 0 Å². The molecular formula is C20H18N4O2S3. The second-order valence-electron chi connectivity index (χ2n) is 6.32. The minimum atomic E-state index is -0.183. The molecule has 29 heavy (non-hydrogen) atoms. The van der Waals surface area contributed by atoms with E-state index >= 15 is 0 Å². The molecule has 0 spiro atoms. The lowest BCUT2D eigenvalue weighted by Gasteiger charge is -2.06. The Labute approximate surface area is 179 Å². The molecular weight excluding hydrogens is 424 g/mol. The highest BCUT2D eigenvalue weighted by atomic mass is 32.2. The Morgan fingerprint density at radius 2 is 1.97 bits per heavy atom. The first-order valence-corrected chi connectivity index (χ1v) is 11.7. The van der Waals surface area contributed by atoms with Gasteiger partial charge in [0.15, 0.2) is 10.3 Å². The molecule has 0 saturated heterocycles. The highest BCUT2D eigenvalue weighted by molar-refractivity contribution is 7.99. The predicted octanol–water partition coefficient (Wildman–Crippen LogP) is 4.41. The SMILES string of the molecule is CCc1ccc(-c2csc(NC(=O)CSc3nc4sccc4c(=O)n3C)n2)cc1. The van der Waals surface area contributed by atoms with E-state index in [2.05, 4.69) is 34.3 Å². The van der Waals surface area contributed by atoms with E-state index < -0.39 is 0 Å². The van der Waals surface area contributed by atoms with E-state index in [9.17, 15) is 9.59 Å². The molecule has 0 aliphatic carbocycles. The number of carbonyl (C=O) groups is 1. The standard InChI is InChI=1S/C20H18N4O2S3/c1-3-12-4-6-13(7-5-12)15-10-28-19(21-15)22-16(25)11-29-20-23-17-14(8-9-27-17)18(26)24(20)2/h4-10H,3,11H2,1-2H3,(H,21,22,25). The number of benzene rings is 1. The molecule has 0 aliphatic heterocycles. The smallest absolute Gasteiger partial charge is 0.262 e. The molecule has 3 aromatic heterocycles. The van der Waals surface area contributed by atoms with Crippen LogP contribution in [-0.2, 0) is 18.3 Å². The van der Waals surface area contributed by atoms with Gasteiger partial charge in [0, 0.05) is 18.0 Å². The Hall–Kier alpha value is -2.49. The zero-order chi connectivity index (χ0) is 20.4. The van der Waals surface area contributed by atoms with Gasteiger partial charge < -0.3 is 5.32 Å². The first kappa shape index (κ1) is 19.8. The number of hydrogen-bond donors (Lipinski definition) is 1. The van der Waals surface area contributed by atoms with Crippen LogP contribution in [0, 0.1) is 0 Å². The quantitative estimate of drug-likeness (QED) is 0.353. The van der Waals surface area contributed by atoms with E-state index in [0.29, 0.717) is 20.5 Å². The maximum atomic E-state index is 12.3. The van der Waals surface area contributed by atoms with Crippen LogP contribution in [-0.4, -0.2) is 26.2 Å². The molecule has 1 amide bonds. The van der Waals surface area contributed by atoms with Crippen molar-refractivity contribution >= 4 is 55.7 Å². The van der Waals surface area contributed by atoms with Crippen molar-refractivity contribution in [3.63, 3.8) is 0 Å². The summed E-state index contributed by atoms with van der Waals surface area (Å²) in [5.74, 6) is -0.0326. The van der Waals surface area contributed by atoms with Crippen LogP contribution in [0.4, 0.5) is 5.13 Å². The van der Waals surface area contributed by atoms with Gasteiger partial charge in [-0.2, -0.15) is 0 Å².